The molecule has 0 radical (unpaired) electrons. The highest BCUT2D eigenvalue weighted by molar-refractivity contribution is 9.10. The first kappa shape index (κ1) is 21.6. The largest absolute Gasteiger partial charge is 0.505 e. The number of halogens is 1. The molecule has 0 saturated carbocycles. The van der Waals surface area contributed by atoms with E-state index in [-0.39, 0.29) is 5.69 Å². The van der Waals surface area contributed by atoms with Crippen LogP contribution < -0.4 is 15.6 Å². The van der Waals surface area contributed by atoms with Crippen LogP contribution in [0.1, 0.15) is 41.5 Å². The number of aromatic hydroxyl groups is 1. The van der Waals surface area contributed by atoms with Crippen LogP contribution in [-0.4, -0.2) is 27.4 Å². The van der Waals surface area contributed by atoms with Crippen molar-refractivity contribution in [1.29, 1.82) is 0 Å². The van der Waals surface area contributed by atoms with Gasteiger partial charge in [0.05, 0.1) is 18.3 Å². The molecule has 0 spiro atoms. The third-order valence-corrected chi connectivity index (χ3v) is 5.01. The first-order valence-corrected chi connectivity index (χ1v) is 10.2. The third-order valence-electron chi connectivity index (χ3n) is 4.48. The van der Waals surface area contributed by atoms with E-state index in [0.29, 0.717) is 18.0 Å². The van der Waals surface area contributed by atoms with Crippen molar-refractivity contribution in [3.63, 3.8) is 0 Å². The van der Waals surface area contributed by atoms with Gasteiger partial charge in [0.25, 0.3) is 11.5 Å². The van der Waals surface area contributed by atoms with Crippen LogP contribution in [-0.2, 0) is 0 Å². The van der Waals surface area contributed by atoms with Gasteiger partial charge in [0.1, 0.15) is 5.75 Å². The van der Waals surface area contributed by atoms with Crippen molar-refractivity contribution in [2.75, 3.05) is 6.61 Å². The zero-order valence-corrected chi connectivity index (χ0v) is 18.4. The highest BCUT2D eigenvalue weighted by Gasteiger charge is 2.21. The molecule has 0 aliphatic rings. The minimum atomic E-state index is -0.602. The molecule has 3 aromatic rings. The number of hydrogen-bond acceptors (Lipinski definition) is 5. The van der Waals surface area contributed by atoms with E-state index >= 15 is 0 Å². The van der Waals surface area contributed by atoms with Crippen LogP contribution in [0.25, 0.3) is 5.69 Å². The van der Waals surface area contributed by atoms with Crippen molar-refractivity contribution in [3.8, 4) is 17.2 Å². The summed E-state index contributed by atoms with van der Waals surface area (Å²) in [4.78, 5) is 25.1. The molecule has 8 heteroatoms. The maximum absolute atomic E-state index is 12.9. The fourth-order valence-electron chi connectivity index (χ4n) is 3.01. The summed E-state index contributed by atoms with van der Waals surface area (Å²) in [5, 5.41) is 17.1. The van der Waals surface area contributed by atoms with E-state index in [1.807, 2.05) is 39.0 Å². The van der Waals surface area contributed by atoms with Crippen molar-refractivity contribution in [2.45, 2.75) is 26.8 Å². The van der Waals surface area contributed by atoms with E-state index in [4.69, 9.17) is 4.74 Å². The normalized spacial score (nSPS) is 11.7. The molecule has 2 N–H and O–H groups in total. The van der Waals surface area contributed by atoms with Gasteiger partial charge in [0.2, 0.25) is 0 Å². The second kappa shape index (κ2) is 9.13. The van der Waals surface area contributed by atoms with Gasteiger partial charge in [-0.2, -0.15) is 9.78 Å². The lowest BCUT2D eigenvalue weighted by Gasteiger charge is -2.19. The molecule has 1 atom stereocenters. The summed E-state index contributed by atoms with van der Waals surface area (Å²) < 4.78 is 7.58. The number of aromatic nitrogens is 2. The highest BCUT2D eigenvalue weighted by atomic mass is 79.9. The van der Waals surface area contributed by atoms with Gasteiger partial charge in [-0.1, -0.05) is 33.6 Å². The van der Waals surface area contributed by atoms with Gasteiger partial charge >= 0.3 is 0 Å². The Morgan fingerprint density at radius 3 is 2.60 bits per heavy atom. The maximum atomic E-state index is 12.9. The average Bonchev–Trinajstić information content (AvgIpc) is 2.70. The zero-order chi connectivity index (χ0) is 21.8. The zero-order valence-electron chi connectivity index (χ0n) is 16.8. The second-order valence-electron chi connectivity index (χ2n) is 6.77. The number of aryl methyl sites for hydroxylation is 1. The van der Waals surface area contributed by atoms with E-state index in [1.54, 1.807) is 24.3 Å². The first-order valence-electron chi connectivity index (χ1n) is 9.43. The van der Waals surface area contributed by atoms with E-state index in [0.717, 1.165) is 26.3 Å². The Hall–Kier alpha value is -3.13. The minimum absolute atomic E-state index is 0.241. The summed E-state index contributed by atoms with van der Waals surface area (Å²) in [7, 11) is 0. The van der Waals surface area contributed by atoms with Crippen LogP contribution in [0.4, 0.5) is 0 Å². The van der Waals surface area contributed by atoms with Crippen LogP contribution >= 0.6 is 15.9 Å². The molecule has 3 rings (SSSR count). The van der Waals surface area contributed by atoms with Gasteiger partial charge in [-0.3, -0.25) is 9.59 Å². The number of nitrogens with one attached hydrogen (secondary N) is 1. The third kappa shape index (κ3) is 4.71. The van der Waals surface area contributed by atoms with Crippen LogP contribution in [0.15, 0.2) is 57.8 Å². The quantitative estimate of drug-likeness (QED) is 0.568. The molecule has 7 nitrogen and oxygen atoms in total. The summed E-state index contributed by atoms with van der Waals surface area (Å²) in [6, 6.07) is 13.2. The van der Waals surface area contributed by atoms with Gasteiger partial charge in [-0.05, 0) is 51.1 Å². The first-order chi connectivity index (χ1) is 14.3. The molecule has 0 saturated heterocycles. The van der Waals surface area contributed by atoms with Gasteiger partial charge in [0.15, 0.2) is 11.4 Å². The number of ether oxygens (including phenoxy) is 1. The van der Waals surface area contributed by atoms with Crippen LogP contribution in [0.5, 0.6) is 11.5 Å². The van der Waals surface area contributed by atoms with Gasteiger partial charge in [-0.25, -0.2) is 0 Å². The molecule has 0 bridgehead atoms. The lowest BCUT2D eigenvalue weighted by Crippen LogP contribution is -2.31. The smallest absolute Gasteiger partial charge is 0.276 e. The van der Waals surface area contributed by atoms with Crippen molar-refractivity contribution in [1.82, 2.24) is 15.1 Å². The maximum Gasteiger partial charge on any atom is 0.276 e. The Morgan fingerprint density at radius 1 is 1.23 bits per heavy atom. The molecule has 1 amide bonds. The fourth-order valence-corrected chi connectivity index (χ4v) is 3.28. The molecule has 30 heavy (non-hydrogen) atoms. The molecule has 1 unspecified atom stereocenters. The van der Waals surface area contributed by atoms with Crippen LogP contribution in [0.3, 0.4) is 0 Å². The second-order valence-corrected chi connectivity index (χ2v) is 7.69. The summed E-state index contributed by atoms with van der Waals surface area (Å²) in [5.74, 6) is -0.407. The monoisotopic (exact) mass is 471 g/mol. The predicted molar refractivity (Wildman–Crippen MR) is 117 cm³/mol. The standard InChI is InChI=1S/C22H22BrN3O4/c1-4-30-19-10-5-13(2)11-17(19)14(3)24-22(29)21-18(27)12-20(28)26(25-21)16-8-6-15(23)7-9-16/h5-12,14,27H,4H2,1-3H3,(H,24,29). The van der Waals surface area contributed by atoms with E-state index in [9.17, 15) is 14.7 Å². The lowest BCUT2D eigenvalue weighted by atomic mass is 10.0. The van der Waals surface area contributed by atoms with E-state index in [1.165, 1.54) is 0 Å². The van der Waals surface area contributed by atoms with Crippen molar-refractivity contribution >= 4 is 21.8 Å². The average molecular weight is 472 g/mol. The topological polar surface area (TPSA) is 93.5 Å². The Bertz CT molecular complexity index is 1130. The Morgan fingerprint density at radius 2 is 1.93 bits per heavy atom. The number of carbonyl (C=O) groups excluding carboxylic acids is 1. The molecule has 2 aromatic carbocycles. The van der Waals surface area contributed by atoms with Crippen molar-refractivity contribution in [3.05, 3.63) is 80.2 Å². The van der Waals surface area contributed by atoms with Gasteiger partial charge in [0, 0.05) is 16.1 Å². The number of benzene rings is 2. The van der Waals surface area contributed by atoms with Crippen LogP contribution in [0, 0.1) is 6.92 Å². The van der Waals surface area contributed by atoms with E-state index < -0.39 is 23.3 Å². The Labute approximate surface area is 182 Å². The Balaban J connectivity index is 1.92. The van der Waals surface area contributed by atoms with Crippen molar-refractivity contribution in [2.24, 2.45) is 0 Å². The van der Waals surface area contributed by atoms with Crippen LogP contribution in [0.2, 0.25) is 0 Å². The summed E-state index contributed by atoms with van der Waals surface area (Å²) in [5.41, 5.74) is 1.53. The molecule has 0 fully saturated rings. The molecular formula is C22H22BrN3O4. The number of amides is 1. The van der Waals surface area contributed by atoms with Gasteiger partial charge < -0.3 is 15.2 Å². The minimum Gasteiger partial charge on any atom is -0.505 e. The predicted octanol–water partition coefficient (Wildman–Crippen LogP) is 3.90. The molecule has 156 valence electrons. The van der Waals surface area contributed by atoms with E-state index in [2.05, 4.69) is 26.3 Å². The Kier molecular flexibility index (Phi) is 6.56. The number of rotatable bonds is 6. The summed E-state index contributed by atoms with van der Waals surface area (Å²) >= 11 is 3.33. The molecule has 0 aliphatic carbocycles. The van der Waals surface area contributed by atoms with Crippen molar-refractivity contribution < 1.29 is 14.6 Å². The molecule has 1 aromatic heterocycles. The SMILES string of the molecule is CCOc1ccc(C)cc1C(C)NC(=O)c1nn(-c2ccc(Br)cc2)c(=O)cc1O. The van der Waals surface area contributed by atoms with Gasteiger partial charge in [-0.15, -0.1) is 0 Å². The summed E-state index contributed by atoms with van der Waals surface area (Å²) in [6.45, 7) is 6.16. The molecular weight excluding hydrogens is 450 g/mol. The number of carbonyl (C=O) groups is 1. The molecule has 0 aliphatic heterocycles. The highest BCUT2D eigenvalue weighted by Crippen LogP contribution is 2.27. The number of nitrogens with zero attached hydrogens (tertiary/aromatic N) is 2. The lowest BCUT2D eigenvalue weighted by molar-refractivity contribution is 0.0929. The number of hydrogen-bond donors (Lipinski definition) is 2. The fraction of sp³-hybridized carbons (Fsp3) is 0.227. The summed E-state index contributed by atoms with van der Waals surface area (Å²) in [6.07, 6.45) is 0. The molecule has 1 heterocycles.